The molecular formula is C39H63NO8S. The second-order valence-electron chi connectivity index (χ2n) is 17.1. The molecule has 0 amide bonds. The smallest absolute Gasteiger partial charge is 0.187 e. The van der Waals surface area contributed by atoms with Gasteiger partial charge in [-0.15, -0.1) is 0 Å². The molecule has 3 N–H and O–H groups in total. The SMILES string of the molecule is CC(C)CCC[C@@H](C)[C@H]1CC[C@H]2[C@@H]3CC=C4C[C@@H](O[C@@H]5O[C@H](C[n+]6ccccc6)[C@@H](O)[C@H](O)[C@H]5O)CC[C@]4(C)[C@H]3CC[C@]12C.CS(=O)(=O)[O-]. The van der Waals surface area contributed by atoms with Gasteiger partial charge >= 0.3 is 0 Å². The number of allylic oxidation sites excluding steroid dienone is 1. The highest BCUT2D eigenvalue weighted by Crippen LogP contribution is 2.67. The van der Waals surface area contributed by atoms with Gasteiger partial charge in [-0.3, -0.25) is 0 Å². The second-order valence-corrected chi connectivity index (χ2v) is 18.5. The average Bonchev–Trinajstić information content (AvgIpc) is 3.39. The molecule has 9 nitrogen and oxygen atoms in total. The van der Waals surface area contributed by atoms with Gasteiger partial charge in [-0.05, 0) is 97.7 Å². The number of aliphatic hydroxyl groups excluding tert-OH is 3. The minimum Gasteiger partial charge on any atom is -0.748 e. The number of aromatic nitrogens is 1. The molecule has 278 valence electrons. The van der Waals surface area contributed by atoms with Crippen molar-refractivity contribution < 1.29 is 42.3 Å². The molecule has 1 saturated heterocycles. The Morgan fingerprint density at radius 3 is 2.33 bits per heavy atom. The summed E-state index contributed by atoms with van der Waals surface area (Å²) in [5, 5.41) is 32.2. The highest BCUT2D eigenvalue weighted by molar-refractivity contribution is 7.84. The number of ether oxygens (including phenoxy) is 2. The molecule has 6 rings (SSSR count). The van der Waals surface area contributed by atoms with Gasteiger partial charge in [-0.1, -0.05) is 71.6 Å². The fourth-order valence-corrected chi connectivity index (χ4v) is 10.9. The molecule has 1 aromatic rings. The maximum atomic E-state index is 10.8. The van der Waals surface area contributed by atoms with E-state index in [1.165, 1.54) is 56.9 Å². The first-order valence-electron chi connectivity index (χ1n) is 18.9. The van der Waals surface area contributed by atoms with Crippen LogP contribution in [-0.4, -0.2) is 71.4 Å². The van der Waals surface area contributed by atoms with E-state index < -0.39 is 40.8 Å². The van der Waals surface area contributed by atoms with Gasteiger partial charge in [0.15, 0.2) is 25.2 Å². The van der Waals surface area contributed by atoms with Crippen molar-refractivity contribution in [3.05, 3.63) is 42.2 Å². The lowest BCUT2D eigenvalue weighted by Gasteiger charge is -2.58. The number of nitrogens with zero attached hydrogens (tertiary/aromatic N) is 1. The Morgan fingerprint density at radius 2 is 1.65 bits per heavy atom. The lowest BCUT2D eigenvalue weighted by Crippen LogP contribution is -2.62. The second kappa shape index (κ2) is 15.7. The fourth-order valence-electron chi connectivity index (χ4n) is 10.9. The van der Waals surface area contributed by atoms with Crippen LogP contribution in [0.4, 0.5) is 0 Å². The first-order valence-corrected chi connectivity index (χ1v) is 20.7. The molecular weight excluding hydrogens is 642 g/mol. The Labute approximate surface area is 295 Å². The van der Waals surface area contributed by atoms with Crippen LogP contribution in [0.25, 0.3) is 0 Å². The van der Waals surface area contributed by atoms with Crippen LogP contribution in [-0.2, 0) is 26.1 Å². The van der Waals surface area contributed by atoms with Crippen LogP contribution < -0.4 is 4.57 Å². The van der Waals surface area contributed by atoms with Crippen molar-refractivity contribution >= 4 is 10.1 Å². The van der Waals surface area contributed by atoms with Gasteiger partial charge < -0.3 is 29.3 Å². The molecule has 4 fully saturated rings. The predicted octanol–water partition coefficient (Wildman–Crippen LogP) is 5.37. The van der Waals surface area contributed by atoms with Gasteiger partial charge in [0.05, 0.1) is 16.2 Å². The number of hydrogen-bond donors (Lipinski definition) is 3. The first kappa shape index (κ1) is 38.8. The minimum atomic E-state index is -3.92. The van der Waals surface area contributed by atoms with E-state index in [4.69, 9.17) is 22.4 Å². The van der Waals surface area contributed by atoms with E-state index in [2.05, 4.69) is 40.7 Å². The predicted molar refractivity (Wildman–Crippen MR) is 187 cm³/mol. The minimum absolute atomic E-state index is 0.0607. The van der Waals surface area contributed by atoms with Gasteiger partial charge in [0, 0.05) is 18.4 Å². The molecule has 49 heavy (non-hydrogen) atoms. The summed E-state index contributed by atoms with van der Waals surface area (Å²) in [6.45, 7) is 12.8. The Morgan fingerprint density at radius 1 is 0.959 bits per heavy atom. The van der Waals surface area contributed by atoms with Crippen molar-refractivity contribution in [2.45, 2.75) is 149 Å². The van der Waals surface area contributed by atoms with Crippen molar-refractivity contribution in [1.29, 1.82) is 0 Å². The molecule has 1 aromatic heterocycles. The monoisotopic (exact) mass is 705 g/mol. The zero-order valence-electron chi connectivity index (χ0n) is 30.6. The van der Waals surface area contributed by atoms with E-state index in [0.717, 1.165) is 54.8 Å². The van der Waals surface area contributed by atoms with E-state index in [-0.39, 0.29) is 11.5 Å². The van der Waals surface area contributed by atoms with Crippen LogP contribution in [0.15, 0.2) is 42.2 Å². The molecule has 2 heterocycles. The summed E-state index contributed by atoms with van der Waals surface area (Å²) in [6, 6.07) is 5.78. The number of rotatable bonds is 9. The van der Waals surface area contributed by atoms with Crippen molar-refractivity contribution in [2.75, 3.05) is 6.26 Å². The lowest BCUT2D eigenvalue weighted by molar-refractivity contribution is -0.707. The number of hydrogen-bond acceptors (Lipinski definition) is 8. The summed E-state index contributed by atoms with van der Waals surface area (Å²) < 4.78 is 41.7. The van der Waals surface area contributed by atoms with Crippen molar-refractivity contribution in [3.8, 4) is 0 Å². The first-order chi connectivity index (χ1) is 23.0. The van der Waals surface area contributed by atoms with Gasteiger partial charge in [-0.2, -0.15) is 0 Å². The van der Waals surface area contributed by atoms with E-state index in [1.54, 1.807) is 0 Å². The lowest BCUT2D eigenvalue weighted by atomic mass is 9.47. The van der Waals surface area contributed by atoms with Crippen molar-refractivity contribution in [3.63, 3.8) is 0 Å². The Balaban J connectivity index is 0.000000874. The van der Waals surface area contributed by atoms with Crippen LogP contribution in [0.5, 0.6) is 0 Å². The summed E-state index contributed by atoms with van der Waals surface area (Å²) in [5.41, 5.74) is 2.26. The molecule has 0 spiro atoms. The van der Waals surface area contributed by atoms with Crippen molar-refractivity contribution in [1.82, 2.24) is 0 Å². The molecule has 0 bridgehead atoms. The molecule has 0 unspecified atom stereocenters. The standard InChI is InChI=1S/C38H60NO5.CH4O3S/c1-24(2)10-9-11-25(3)29-14-15-30-28-13-12-26-22-27(16-18-37(26,4)31(28)17-19-38(29,30)5)43-36-35(42)34(41)33(40)32(44-36)23-39-20-7-6-8-21-39;1-5(2,3)4/h6-8,12,20-21,24-25,27-36,40-42H,9-11,13-19,22-23H2,1-5H3;1H3,(H,2,3,4)/q+1;/p-1/t25-,27+,28+,29-,30+,31+,32-,33-,34+,35-,36-,37+,38-;/m1./s1. The zero-order chi connectivity index (χ0) is 35.7. The van der Waals surface area contributed by atoms with E-state index in [9.17, 15) is 15.3 Å². The largest absolute Gasteiger partial charge is 0.748 e. The molecule has 0 aromatic carbocycles. The summed E-state index contributed by atoms with van der Waals surface area (Å²) in [4.78, 5) is 0. The van der Waals surface area contributed by atoms with Gasteiger partial charge in [0.1, 0.15) is 24.4 Å². The normalized spacial score (nSPS) is 41.1. The highest BCUT2D eigenvalue weighted by Gasteiger charge is 2.59. The Hall–Kier alpha value is -1.40. The van der Waals surface area contributed by atoms with E-state index >= 15 is 0 Å². The van der Waals surface area contributed by atoms with Gasteiger partial charge in [0.2, 0.25) is 0 Å². The summed E-state index contributed by atoms with van der Waals surface area (Å²) in [6.07, 6.45) is 15.3. The molecule has 1 aliphatic heterocycles. The van der Waals surface area contributed by atoms with Crippen LogP contribution in [0, 0.1) is 46.3 Å². The summed E-state index contributed by atoms with van der Waals surface area (Å²) >= 11 is 0. The molecule has 5 aliphatic rings. The zero-order valence-corrected chi connectivity index (χ0v) is 31.4. The highest BCUT2D eigenvalue weighted by atomic mass is 32.2. The van der Waals surface area contributed by atoms with E-state index in [0.29, 0.717) is 18.2 Å². The molecule has 13 atom stereocenters. The molecule has 4 aliphatic carbocycles. The third-order valence-corrected chi connectivity index (χ3v) is 13.4. The third-order valence-electron chi connectivity index (χ3n) is 13.4. The van der Waals surface area contributed by atoms with Crippen LogP contribution >= 0.6 is 0 Å². The number of aliphatic hydroxyl groups is 3. The van der Waals surface area contributed by atoms with Crippen LogP contribution in [0.3, 0.4) is 0 Å². The molecule has 10 heteroatoms. The van der Waals surface area contributed by atoms with Crippen LogP contribution in [0.2, 0.25) is 0 Å². The fraction of sp³-hybridized carbons (Fsp3) is 0.821. The maximum absolute atomic E-state index is 10.8. The van der Waals surface area contributed by atoms with Gasteiger partial charge in [-0.25, -0.2) is 13.0 Å². The summed E-state index contributed by atoms with van der Waals surface area (Å²) in [5.74, 6) is 4.91. The molecule has 0 radical (unpaired) electrons. The van der Waals surface area contributed by atoms with Gasteiger partial charge in [0.25, 0.3) is 0 Å². The van der Waals surface area contributed by atoms with Crippen molar-refractivity contribution in [2.24, 2.45) is 46.3 Å². The summed E-state index contributed by atoms with van der Waals surface area (Å²) in [7, 11) is -3.92. The molecule has 3 saturated carbocycles. The topological polar surface area (TPSA) is 140 Å². The third kappa shape index (κ3) is 8.81. The number of pyridine rings is 1. The quantitative estimate of drug-likeness (QED) is 0.177. The Kier molecular flexibility index (Phi) is 12.4. The Bertz CT molecular complexity index is 1360. The number of fused-ring (bicyclic) bond motifs is 5. The average molecular weight is 706 g/mol. The maximum Gasteiger partial charge on any atom is 0.187 e. The van der Waals surface area contributed by atoms with Crippen LogP contribution in [0.1, 0.15) is 105 Å². The van der Waals surface area contributed by atoms with E-state index in [1.807, 2.05) is 35.2 Å².